The number of nitrogens with one attached hydrogen (secondary N) is 1. The van der Waals surface area contributed by atoms with Gasteiger partial charge in [-0.1, -0.05) is 19.4 Å². The van der Waals surface area contributed by atoms with Crippen molar-refractivity contribution in [2.75, 3.05) is 55.0 Å². The van der Waals surface area contributed by atoms with Crippen LogP contribution in [0.15, 0.2) is 36.7 Å². The quantitative estimate of drug-likeness (QED) is 0.453. The monoisotopic (exact) mass is 522 g/mol. The van der Waals surface area contributed by atoms with Gasteiger partial charge in [0.2, 0.25) is 16.4 Å². The van der Waals surface area contributed by atoms with Crippen molar-refractivity contribution in [3.63, 3.8) is 0 Å². The lowest BCUT2D eigenvalue weighted by Gasteiger charge is -2.44. The van der Waals surface area contributed by atoms with E-state index in [9.17, 15) is 13.2 Å². The van der Waals surface area contributed by atoms with Crippen LogP contribution in [0.4, 0.5) is 17.2 Å². The van der Waals surface area contributed by atoms with Gasteiger partial charge in [-0.2, -0.15) is 0 Å². The number of fused-ring (bicyclic) bond motifs is 1. The van der Waals surface area contributed by atoms with E-state index < -0.39 is 10.0 Å². The molecule has 2 fully saturated rings. The molecule has 1 aliphatic heterocycles. The highest BCUT2D eigenvalue weighted by atomic mass is 32.2. The van der Waals surface area contributed by atoms with Gasteiger partial charge in [-0.05, 0) is 61.7 Å². The number of nitrogens with zero attached hydrogens (tertiary/aromatic N) is 5. The van der Waals surface area contributed by atoms with E-state index in [1.54, 1.807) is 24.3 Å². The molecule has 0 radical (unpaired) electrons. The van der Waals surface area contributed by atoms with E-state index in [0.717, 1.165) is 78.3 Å². The van der Waals surface area contributed by atoms with Crippen LogP contribution in [0.25, 0.3) is 22.0 Å². The van der Waals surface area contributed by atoms with Crippen LogP contribution in [0.2, 0.25) is 0 Å². The minimum Gasteiger partial charge on any atom is -0.352 e. The summed E-state index contributed by atoms with van der Waals surface area (Å²) in [6, 6.07) is 8.32. The van der Waals surface area contributed by atoms with Crippen molar-refractivity contribution in [2.24, 2.45) is 0 Å². The standard InChI is InChI=1S/C27H34N6O3S/c1-27(9-6-10-27)25-21-11-18(7-8-22(21)28-14-24(25)32(4)17-34)19-12-23(30-37(5,35)36)26(29-13-19)33-15-20(16-33)31(2)3/h7-8,11-14,17,20,30H,6,9-10,15-16H2,1-5H3. The van der Waals surface area contributed by atoms with Crippen LogP contribution in [-0.2, 0) is 20.2 Å². The molecule has 2 aliphatic rings. The SMILES string of the molecule is CN(C=O)c1cnc2ccc(-c3cnc(N4CC(N(C)C)C4)c(NS(C)(=O)=O)c3)cc2c1C1(C)CCC1. The van der Waals surface area contributed by atoms with Crippen LogP contribution in [0.3, 0.4) is 0 Å². The molecule has 0 bridgehead atoms. The Morgan fingerprint density at radius 3 is 2.41 bits per heavy atom. The first-order valence-corrected chi connectivity index (χ1v) is 14.4. The molecule has 0 atom stereocenters. The number of likely N-dealkylation sites (N-methyl/N-ethyl adjacent to an activating group) is 1. The molecule has 1 aliphatic carbocycles. The van der Waals surface area contributed by atoms with Crippen molar-refractivity contribution < 1.29 is 13.2 Å². The number of anilines is 3. The lowest BCUT2D eigenvalue weighted by atomic mass is 9.64. The van der Waals surface area contributed by atoms with Gasteiger partial charge in [0, 0.05) is 43.3 Å². The summed E-state index contributed by atoms with van der Waals surface area (Å²) >= 11 is 0. The van der Waals surface area contributed by atoms with Gasteiger partial charge in [0.05, 0.1) is 29.3 Å². The van der Waals surface area contributed by atoms with Crippen molar-refractivity contribution in [3.8, 4) is 11.1 Å². The number of carbonyl (C=O) groups is 1. The van der Waals surface area contributed by atoms with Gasteiger partial charge < -0.3 is 14.7 Å². The number of sulfonamides is 1. The largest absolute Gasteiger partial charge is 0.352 e. The fraction of sp³-hybridized carbons (Fsp3) is 0.444. The smallest absolute Gasteiger partial charge is 0.229 e. The van der Waals surface area contributed by atoms with Crippen molar-refractivity contribution in [1.29, 1.82) is 0 Å². The van der Waals surface area contributed by atoms with Crippen LogP contribution in [-0.4, -0.2) is 76.2 Å². The average molecular weight is 523 g/mol. The zero-order chi connectivity index (χ0) is 26.5. The van der Waals surface area contributed by atoms with E-state index in [4.69, 9.17) is 4.98 Å². The summed E-state index contributed by atoms with van der Waals surface area (Å²) in [5, 5.41) is 1.00. The number of aromatic nitrogens is 2. The second-order valence-corrected chi connectivity index (χ2v) is 12.6. The molecule has 9 nitrogen and oxygen atoms in total. The van der Waals surface area contributed by atoms with Crippen LogP contribution >= 0.6 is 0 Å². The van der Waals surface area contributed by atoms with E-state index in [2.05, 4.69) is 32.5 Å². The lowest BCUT2D eigenvalue weighted by Crippen LogP contribution is -2.57. The zero-order valence-electron chi connectivity index (χ0n) is 22.0. The normalized spacial score (nSPS) is 17.4. The van der Waals surface area contributed by atoms with Crippen molar-refractivity contribution >= 4 is 44.5 Å². The molecule has 1 saturated carbocycles. The topological polar surface area (TPSA) is 98.7 Å². The molecule has 0 unspecified atom stereocenters. The maximum absolute atomic E-state index is 12.2. The maximum Gasteiger partial charge on any atom is 0.229 e. The first kappa shape index (κ1) is 25.4. The Bertz CT molecular complexity index is 1460. The van der Waals surface area contributed by atoms with Crippen molar-refractivity contribution in [2.45, 2.75) is 37.6 Å². The van der Waals surface area contributed by atoms with E-state index in [0.29, 0.717) is 17.5 Å². The fourth-order valence-electron chi connectivity index (χ4n) is 5.37. The minimum absolute atomic E-state index is 0.0298. The fourth-order valence-corrected chi connectivity index (χ4v) is 5.92. The molecule has 5 rings (SSSR count). The molecular formula is C27H34N6O3S. The summed E-state index contributed by atoms with van der Waals surface area (Å²) in [4.78, 5) is 26.9. The summed E-state index contributed by atoms with van der Waals surface area (Å²) < 4.78 is 27.1. The first-order valence-electron chi connectivity index (χ1n) is 12.5. The van der Waals surface area contributed by atoms with E-state index >= 15 is 0 Å². The molecule has 10 heteroatoms. The molecule has 1 aromatic carbocycles. The first-order chi connectivity index (χ1) is 17.5. The zero-order valence-corrected chi connectivity index (χ0v) is 22.8. The number of carbonyl (C=O) groups excluding carboxylic acids is 1. The molecule has 2 aromatic heterocycles. The molecule has 1 amide bonds. The van der Waals surface area contributed by atoms with E-state index in [1.807, 2.05) is 32.3 Å². The van der Waals surface area contributed by atoms with Gasteiger partial charge in [-0.15, -0.1) is 0 Å². The average Bonchev–Trinajstić information content (AvgIpc) is 2.79. The van der Waals surface area contributed by atoms with Crippen LogP contribution < -0.4 is 14.5 Å². The Morgan fingerprint density at radius 1 is 1.08 bits per heavy atom. The second kappa shape index (κ2) is 9.25. The lowest BCUT2D eigenvalue weighted by molar-refractivity contribution is -0.107. The molecule has 196 valence electrons. The number of rotatable bonds is 8. The van der Waals surface area contributed by atoms with Gasteiger partial charge in [0.15, 0.2) is 5.82 Å². The highest BCUT2D eigenvalue weighted by Crippen LogP contribution is 2.49. The molecule has 3 heterocycles. The summed E-state index contributed by atoms with van der Waals surface area (Å²) in [7, 11) is 2.34. The molecular weight excluding hydrogens is 488 g/mol. The van der Waals surface area contributed by atoms with Gasteiger partial charge >= 0.3 is 0 Å². The number of benzene rings is 1. The highest BCUT2D eigenvalue weighted by Gasteiger charge is 2.38. The number of amides is 1. The van der Waals surface area contributed by atoms with Crippen molar-refractivity contribution in [1.82, 2.24) is 14.9 Å². The Balaban J connectivity index is 1.61. The molecule has 1 saturated heterocycles. The van der Waals surface area contributed by atoms with Crippen LogP contribution in [0.1, 0.15) is 31.7 Å². The summed E-state index contributed by atoms with van der Waals surface area (Å²) in [5.74, 6) is 0.632. The van der Waals surface area contributed by atoms with Gasteiger partial charge in [0.25, 0.3) is 0 Å². The number of pyridine rings is 2. The number of hydrogen-bond acceptors (Lipinski definition) is 7. The third-order valence-corrected chi connectivity index (χ3v) is 8.42. The predicted octanol–water partition coefficient (Wildman–Crippen LogP) is 3.45. The predicted molar refractivity (Wildman–Crippen MR) is 149 cm³/mol. The van der Waals surface area contributed by atoms with Crippen LogP contribution in [0, 0.1) is 0 Å². The molecule has 1 N–H and O–H groups in total. The Hall–Kier alpha value is -3.24. The second-order valence-electron chi connectivity index (χ2n) is 10.9. The molecule has 37 heavy (non-hydrogen) atoms. The van der Waals surface area contributed by atoms with E-state index in [1.165, 1.54) is 0 Å². The summed E-state index contributed by atoms with van der Waals surface area (Å²) in [6.45, 7) is 3.82. The van der Waals surface area contributed by atoms with Gasteiger partial charge in [-0.25, -0.2) is 13.4 Å². The van der Waals surface area contributed by atoms with Gasteiger partial charge in [-0.3, -0.25) is 14.5 Å². The molecule has 3 aromatic rings. The maximum atomic E-state index is 12.2. The van der Waals surface area contributed by atoms with Gasteiger partial charge in [0.1, 0.15) is 0 Å². The van der Waals surface area contributed by atoms with Crippen LogP contribution in [0.5, 0.6) is 0 Å². The van der Waals surface area contributed by atoms with E-state index in [-0.39, 0.29) is 5.41 Å². The van der Waals surface area contributed by atoms with Crippen molar-refractivity contribution in [3.05, 3.63) is 42.2 Å². The summed E-state index contributed by atoms with van der Waals surface area (Å²) in [5.41, 5.74) is 4.98. The highest BCUT2D eigenvalue weighted by molar-refractivity contribution is 7.92. The third kappa shape index (κ3) is 4.75. The minimum atomic E-state index is -3.50. The Kier molecular flexibility index (Phi) is 6.35. The number of hydrogen-bond donors (Lipinski definition) is 1. The Morgan fingerprint density at radius 2 is 1.81 bits per heavy atom. The molecule has 0 spiro atoms. The Labute approximate surface area is 218 Å². The summed E-state index contributed by atoms with van der Waals surface area (Å²) in [6.07, 6.45) is 8.82. The third-order valence-electron chi connectivity index (χ3n) is 7.83.